The minimum absolute atomic E-state index is 0.188. The van der Waals surface area contributed by atoms with Gasteiger partial charge in [-0.15, -0.1) is 0 Å². The SMILES string of the molecule is CCCCn1cc(C(=O)NC2CC2)c(=O)c2c(N)cccc21. The lowest BCUT2D eigenvalue weighted by Gasteiger charge is -2.14. The zero-order valence-electron chi connectivity index (χ0n) is 12.8. The van der Waals surface area contributed by atoms with E-state index in [0.717, 1.165) is 37.7 Å². The monoisotopic (exact) mass is 299 g/mol. The van der Waals surface area contributed by atoms with Gasteiger partial charge in [-0.2, -0.15) is 0 Å². The van der Waals surface area contributed by atoms with Crippen molar-refractivity contribution < 1.29 is 4.79 Å². The summed E-state index contributed by atoms with van der Waals surface area (Å²) in [6.07, 6.45) is 5.68. The Morgan fingerprint density at radius 2 is 2.18 bits per heavy atom. The van der Waals surface area contributed by atoms with Crippen LogP contribution in [0.25, 0.3) is 10.9 Å². The fourth-order valence-corrected chi connectivity index (χ4v) is 2.63. The van der Waals surface area contributed by atoms with Crippen molar-refractivity contribution in [2.24, 2.45) is 0 Å². The molecule has 1 saturated carbocycles. The lowest BCUT2D eigenvalue weighted by molar-refractivity contribution is 0.0949. The smallest absolute Gasteiger partial charge is 0.256 e. The molecule has 116 valence electrons. The van der Waals surface area contributed by atoms with Gasteiger partial charge >= 0.3 is 0 Å². The van der Waals surface area contributed by atoms with E-state index >= 15 is 0 Å². The van der Waals surface area contributed by atoms with Gasteiger partial charge in [0.15, 0.2) is 0 Å². The number of anilines is 1. The predicted octanol–water partition coefficient (Wildman–Crippen LogP) is 2.28. The molecule has 1 aromatic carbocycles. The molecule has 3 rings (SSSR count). The molecule has 1 heterocycles. The van der Waals surface area contributed by atoms with Gasteiger partial charge in [0.1, 0.15) is 5.56 Å². The van der Waals surface area contributed by atoms with E-state index < -0.39 is 0 Å². The maximum absolute atomic E-state index is 12.7. The molecular weight excluding hydrogens is 278 g/mol. The van der Waals surface area contributed by atoms with Crippen LogP contribution in [0.1, 0.15) is 43.0 Å². The van der Waals surface area contributed by atoms with E-state index in [2.05, 4.69) is 12.2 Å². The molecule has 0 unspecified atom stereocenters. The third kappa shape index (κ3) is 2.71. The Labute approximate surface area is 129 Å². The zero-order valence-corrected chi connectivity index (χ0v) is 12.8. The van der Waals surface area contributed by atoms with Crippen LogP contribution in [0.15, 0.2) is 29.2 Å². The number of carbonyl (C=O) groups is 1. The highest BCUT2D eigenvalue weighted by Crippen LogP contribution is 2.21. The molecular formula is C17H21N3O2. The number of fused-ring (bicyclic) bond motifs is 1. The van der Waals surface area contributed by atoms with E-state index in [1.54, 1.807) is 12.3 Å². The second-order valence-electron chi connectivity index (χ2n) is 5.91. The Hall–Kier alpha value is -2.30. The fraction of sp³-hybridized carbons (Fsp3) is 0.412. The number of benzene rings is 1. The average Bonchev–Trinajstić information content (AvgIpc) is 3.30. The number of unbranched alkanes of at least 4 members (excludes halogenated alkanes) is 1. The number of pyridine rings is 1. The topological polar surface area (TPSA) is 77.1 Å². The van der Waals surface area contributed by atoms with Crippen LogP contribution in [0.4, 0.5) is 5.69 Å². The number of nitrogens with one attached hydrogen (secondary N) is 1. The molecule has 0 atom stereocenters. The number of hydrogen-bond donors (Lipinski definition) is 2. The maximum Gasteiger partial charge on any atom is 0.256 e. The molecule has 0 bridgehead atoms. The van der Waals surface area contributed by atoms with Gasteiger partial charge in [0.2, 0.25) is 5.43 Å². The van der Waals surface area contributed by atoms with Gasteiger partial charge in [0, 0.05) is 24.5 Å². The van der Waals surface area contributed by atoms with Crippen LogP contribution < -0.4 is 16.5 Å². The number of rotatable bonds is 5. The molecule has 1 aromatic heterocycles. The number of amides is 1. The Bertz CT molecular complexity index is 775. The van der Waals surface area contributed by atoms with Crippen LogP contribution in [0.3, 0.4) is 0 Å². The first-order valence-electron chi connectivity index (χ1n) is 7.84. The van der Waals surface area contributed by atoms with Crippen LogP contribution >= 0.6 is 0 Å². The number of aryl methyl sites for hydroxylation is 1. The molecule has 0 radical (unpaired) electrons. The summed E-state index contributed by atoms with van der Waals surface area (Å²) in [6, 6.07) is 5.64. The van der Waals surface area contributed by atoms with E-state index in [9.17, 15) is 9.59 Å². The summed E-state index contributed by atoms with van der Waals surface area (Å²) in [7, 11) is 0. The Morgan fingerprint density at radius 1 is 1.41 bits per heavy atom. The van der Waals surface area contributed by atoms with E-state index in [4.69, 9.17) is 5.73 Å². The van der Waals surface area contributed by atoms with Crippen LogP contribution in [-0.4, -0.2) is 16.5 Å². The van der Waals surface area contributed by atoms with E-state index in [1.165, 1.54) is 0 Å². The second kappa shape index (κ2) is 5.83. The standard InChI is InChI=1S/C17H21N3O2/c1-2-3-9-20-10-12(17(22)19-11-7-8-11)16(21)15-13(18)5-4-6-14(15)20/h4-6,10-11H,2-3,7-9,18H2,1H3,(H,19,22). The van der Waals surface area contributed by atoms with Gasteiger partial charge in [0.25, 0.3) is 5.91 Å². The number of aromatic nitrogens is 1. The Balaban J connectivity index is 2.14. The molecule has 2 aromatic rings. The van der Waals surface area contributed by atoms with Crippen molar-refractivity contribution >= 4 is 22.5 Å². The number of carbonyl (C=O) groups excluding carboxylic acids is 1. The summed E-state index contributed by atoms with van der Waals surface area (Å²) < 4.78 is 1.97. The van der Waals surface area contributed by atoms with Crippen molar-refractivity contribution in [2.75, 3.05) is 5.73 Å². The summed E-state index contributed by atoms with van der Waals surface area (Å²) in [4.78, 5) is 25.0. The molecule has 1 amide bonds. The molecule has 5 heteroatoms. The average molecular weight is 299 g/mol. The largest absolute Gasteiger partial charge is 0.398 e. The van der Waals surface area contributed by atoms with Crippen molar-refractivity contribution in [3.05, 3.63) is 40.2 Å². The summed E-state index contributed by atoms with van der Waals surface area (Å²) in [5, 5.41) is 3.33. The lowest BCUT2D eigenvalue weighted by Crippen LogP contribution is -2.31. The van der Waals surface area contributed by atoms with Gasteiger partial charge in [-0.3, -0.25) is 9.59 Å². The summed E-state index contributed by atoms with van der Waals surface area (Å²) in [5.74, 6) is -0.289. The number of hydrogen-bond acceptors (Lipinski definition) is 3. The highest BCUT2D eigenvalue weighted by molar-refractivity contribution is 6.00. The number of nitrogen functional groups attached to an aromatic ring is 1. The van der Waals surface area contributed by atoms with Crippen molar-refractivity contribution in [2.45, 2.75) is 45.2 Å². The molecule has 0 saturated heterocycles. The molecule has 1 aliphatic carbocycles. The minimum atomic E-state index is -0.289. The van der Waals surface area contributed by atoms with Gasteiger partial charge in [-0.1, -0.05) is 19.4 Å². The fourth-order valence-electron chi connectivity index (χ4n) is 2.63. The van der Waals surface area contributed by atoms with Crippen LogP contribution in [0.2, 0.25) is 0 Å². The molecule has 3 N–H and O–H groups in total. The van der Waals surface area contributed by atoms with Crippen molar-refractivity contribution in [3.8, 4) is 0 Å². The predicted molar refractivity (Wildman–Crippen MR) is 88.0 cm³/mol. The third-order valence-electron chi connectivity index (χ3n) is 4.05. The van der Waals surface area contributed by atoms with Crippen LogP contribution in [-0.2, 0) is 6.54 Å². The molecule has 1 fully saturated rings. The first-order chi connectivity index (χ1) is 10.6. The normalized spacial score (nSPS) is 14.2. The Kier molecular flexibility index (Phi) is 3.88. The van der Waals surface area contributed by atoms with Crippen LogP contribution in [0.5, 0.6) is 0 Å². The van der Waals surface area contributed by atoms with E-state index in [0.29, 0.717) is 11.1 Å². The summed E-state index contributed by atoms with van der Waals surface area (Å²) in [6.45, 7) is 2.88. The maximum atomic E-state index is 12.7. The minimum Gasteiger partial charge on any atom is -0.398 e. The summed E-state index contributed by atoms with van der Waals surface area (Å²) in [5.41, 5.74) is 7.12. The first kappa shape index (κ1) is 14.6. The number of nitrogens with two attached hydrogens (primary N) is 1. The quantitative estimate of drug-likeness (QED) is 0.831. The number of nitrogens with zero attached hydrogens (tertiary/aromatic N) is 1. The van der Waals surface area contributed by atoms with Gasteiger partial charge in [0.05, 0.1) is 10.9 Å². The first-order valence-corrected chi connectivity index (χ1v) is 7.84. The van der Waals surface area contributed by atoms with Crippen molar-refractivity contribution in [1.82, 2.24) is 9.88 Å². The lowest BCUT2D eigenvalue weighted by atomic mass is 10.1. The van der Waals surface area contributed by atoms with Gasteiger partial charge in [-0.05, 0) is 31.4 Å². The van der Waals surface area contributed by atoms with E-state index in [-0.39, 0.29) is 22.9 Å². The van der Waals surface area contributed by atoms with Gasteiger partial charge < -0.3 is 15.6 Å². The zero-order chi connectivity index (χ0) is 15.7. The molecule has 1 aliphatic rings. The second-order valence-corrected chi connectivity index (χ2v) is 5.91. The van der Waals surface area contributed by atoms with Crippen molar-refractivity contribution in [1.29, 1.82) is 0 Å². The molecule has 22 heavy (non-hydrogen) atoms. The molecule has 0 aliphatic heterocycles. The summed E-state index contributed by atoms with van der Waals surface area (Å²) >= 11 is 0. The van der Waals surface area contributed by atoms with Crippen molar-refractivity contribution in [3.63, 3.8) is 0 Å². The van der Waals surface area contributed by atoms with Gasteiger partial charge in [-0.25, -0.2) is 0 Å². The highest BCUT2D eigenvalue weighted by Gasteiger charge is 2.25. The third-order valence-corrected chi connectivity index (χ3v) is 4.05. The molecule has 5 nitrogen and oxygen atoms in total. The molecule has 0 spiro atoms. The Morgan fingerprint density at radius 3 is 2.86 bits per heavy atom. The van der Waals surface area contributed by atoms with Crippen LogP contribution in [0, 0.1) is 0 Å². The van der Waals surface area contributed by atoms with E-state index in [1.807, 2.05) is 16.7 Å². The highest BCUT2D eigenvalue weighted by atomic mass is 16.2.